The van der Waals surface area contributed by atoms with Gasteiger partial charge in [0.15, 0.2) is 0 Å². The van der Waals surface area contributed by atoms with Crippen LogP contribution in [0.1, 0.15) is 70.7 Å². The summed E-state index contributed by atoms with van der Waals surface area (Å²) in [5.74, 6) is 1.52. The van der Waals surface area contributed by atoms with Crippen LogP contribution in [0.15, 0.2) is 4.42 Å². The van der Waals surface area contributed by atoms with E-state index >= 15 is 0 Å². The third-order valence-electron chi connectivity index (χ3n) is 5.84. The van der Waals surface area contributed by atoms with Crippen LogP contribution in [-0.4, -0.2) is 61.7 Å². The Labute approximate surface area is 169 Å². The van der Waals surface area contributed by atoms with E-state index in [1.165, 1.54) is 0 Å². The van der Waals surface area contributed by atoms with Gasteiger partial charge < -0.3 is 19.4 Å². The van der Waals surface area contributed by atoms with Crippen LogP contribution >= 0.6 is 0 Å². The summed E-state index contributed by atoms with van der Waals surface area (Å²) in [5.41, 5.74) is -0.489. The van der Waals surface area contributed by atoms with Crippen molar-refractivity contribution < 1.29 is 24.0 Å². The van der Waals surface area contributed by atoms with Gasteiger partial charge in [-0.05, 0) is 58.8 Å². The van der Waals surface area contributed by atoms with E-state index in [-0.39, 0.29) is 24.2 Å². The fourth-order valence-corrected chi connectivity index (χ4v) is 4.30. The Bertz CT molecular complexity index is 769. The number of carbonyl (C=O) groups is 2. The number of aryl methyl sites for hydroxylation is 1. The smallest absolute Gasteiger partial charge is 0.407 e. The lowest BCUT2D eigenvalue weighted by Crippen LogP contribution is -2.46. The monoisotopic (exact) mass is 407 g/mol. The number of piperidine rings is 1. The summed E-state index contributed by atoms with van der Waals surface area (Å²) in [5, 5.41) is 21.8. The van der Waals surface area contributed by atoms with Gasteiger partial charge in [0.25, 0.3) is 0 Å². The summed E-state index contributed by atoms with van der Waals surface area (Å²) in [7, 11) is 0. The van der Waals surface area contributed by atoms with Gasteiger partial charge in [-0.3, -0.25) is 5.21 Å². The molecule has 1 aliphatic carbocycles. The van der Waals surface area contributed by atoms with Crippen LogP contribution in [0.2, 0.25) is 0 Å². The molecule has 10 heteroatoms. The maximum atomic E-state index is 12.1. The molecule has 160 valence electrons. The number of ether oxygens (including phenoxy) is 1. The molecule has 2 saturated heterocycles. The number of aromatic nitrogens is 2. The average molecular weight is 407 g/mol. The third-order valence-corrected chi connectivity index (χ3v) is 5.84. The minimum atomic E-state index is -0.489. The van der Waals surface area contributed by atoms with Gasteiger partial charge in [-0.25, -0.2) is 14.7 Å². The zero-order valence-corrected chi connectivity index (χ0v) is 17.1. The molecule has 0 aromatic carbocycles. The van der Waals surface area contributed by atoms with Gasteiger partial charge in [0.2, 0.25) is 11.8 Å². The van der Waals surface area contributed by atoms with Gasteiger partial charge in [-0.15, -0.1) is 10.2 Å². The van der Waals surface area contributed by atoms with Crippen molar-refractivity contribution in [2.24, 2.45) is 5.92 Å². The van der Waals surface area contributed by atoms with E-state index in [0.29, 0.717) is 37.1 Å². The Morgan fingerprint density at radius 2 is 2.07 bits per heavy atom. The highest BCUT2D eigenvalue weighted by molar-refractivity contribution is 5.76. The van der Waals surface area contributed by atoms with Crippen LogP contribution in [-0.2, 0) is 11.2 Å². The highest BCUT2D eigenvalue weighted by Crippen LogP contribution is 2.37. The van der Waals surface area contributed by atoms with Gasteiger partial charge in [0.1, 0.15) is 11.6 Å². The number of rotatable bonds is 5. The number of nitrogens with one attached hydrogen (secondary N) is 1. The van der Waals surface area contributed by atoms with Crippen molar-refractivity contribution in [3.8, 4) is 0 Å². The number of amides is 3. The number of alkyl carbamates (subject to hydrolysis) is 1. The van der Waals surface area contributed by atoms with Gasteiger partial charge in [-0.1, -0.05) is 0 Å². The minimum absolute atomic E-state index is 0.137. The van der Waals surface area contributed by atoms with Crippen molar-refractivity contribution in [1.82, 2.24) is 25.5 Å². The first-order valence-electron chi connectivity index (χ1n) is 10.3. The Morgan fingerprint density at radius 3 is 2.79 bits per heavy atom. The summed E-state index contributed by atoms with van der Waals surface area (Å²) in [6.45, 7) is 6.03. The average Bonchev–Trinajstić information content (AvgIpc) is 3.16. The molecule has 2 atom stereocenters. The summed E-state index contributed by atoms with van der Waals surface area (Å²) >= 11 is 0. The lowest BCUT2D eigenvalue weighted by Gasteiger charge is -2.36. The number of carbonyl (C=O) groups excluding carboxylic acids is 2. The summed E-state index contributed by atoms with van der Waals surface area (Å²) in [6.07, 6.45) is 4.47. The van der Waals surface area contributed by atoms with Gasteiger partial charge in [0, 0.05) is 19.0 Å². The van der Waals surface area contributed by atoms with Gasteiger partial charge >= 0.3 is 12.1 Å². The fraction of sp³-hybridized carbons (Fsp3) is 0.789. The molecule has 0 unspecified atom stereocenters. The highest BCUT2D eigenvalue weighted by atomic mass is 16.6. The van der Waals surface area contributed by atoms with Crippen molar-refractivity contribution in [3.63, 3.8) is 0 Å². The van der Waals surface area contributed by atoms with E-state index in [4.69, 9.17) is 9.15 Å². The molecule has 3 fully saturated rings. The molecule has 3 heterocycles. The summed E-state index contributed by atoms with van der Waals surface area (Å²) < 4.78 is 11.1. The maximum absolute atomic E-state index is 12.1. The van der Waals surface area contributed by atoms with Crippen LogP contribution < -0.4 is 5.32 Å². The van der Waals surface area contributed by atoms with Crippen LogP contribution in [0.3, 0.4) is 0 Å². The number of hydroxylamine groups is 2. The zero-order chi connectivity index (χ0) is 20.8. The lowest BCUT2D eigenvalue weighted by atomic mass is 9.77. The molecule has 10 nitrogen and oxygen atoms in total. The molecule has 0 radical (unpaired) electrons. The molecule has 2 N–H and O–H groups in total. The van der Waals surface area contributed by atoms with E-state index in [0.717, 1.165) is 30.7 Å². The number of nitrogens with zero attached hydrogens (tertiary/aromatic N) is 4. The molecule has 3 aliphatic rings. The molecule has 0 spiro atoms. The predicted molar refractivity (Wildman–Crippen MR) is 100.0 cm³/mol. The van der Waals surface area contributed by atoms with Crippen LogP contribution in [0, 0.1) is 5.92 Å². The zero-order valence-electron chi connectivity index (χ0n) is 17.1. The van der Waals surface area contributed by atoms with Crippen LogP contribution in [0.5, 0.6) is 0 Å². The predicted octanol–water partition coefficient (Wildman–Crippen LogP) is 2.64. The fourth-order valence-electron chi connectivity index (χ4n) is 4.30. The summed E-state index contributed by atoms with van der Waals surface area (Å²) in [4.78, 5) is 25.5. The van der Waals surface area contributed by atoms with E-state index < -0.39 is 11.6 Å². The quantitative estimate of drug-likeness (QED) is 0.720. The van der Waals surface area contributed by atoms with Crippen LogP contribution in [0.25, 0.3) is 0 Å². The number of hydrogen-bond acceptors (Lipinski definition) is 7. The SMILES string of the molecule is CC(C)(C)OC(=O)N[C@H]1C[C@@H](CCc2nnc([C@@H]3CC[C@H]4CN3C(=O)N4O)o2)C1. The Hall–Kier alpha value is -2.36. The third kappa shape index (κ3) is 4.31. The molecule has 4 rings (SSSR count). The first-order valence-corrected chi connectivity index (χ1v) is 10.3. The number of urea groups is 1. The standard InChI is InChI=1S/C19H29N5O5/c1-19(2,3)29-17(25)20-12-8-11(9-12)4-7-15-21-22-16(28-15)14-6-5-13-10-23(14)18(26)24(13)27/h11-14,27H,4-10H2,1-3H3,(H,20,25)/t11-,12+,13-,14-/m0/s1. The minimum Gasteiger partial charge on any atom is -0.444 e. The summed E-state index contributed by atoms with van der Waals surface area (Å²) in [6, 6.07) is -0.633. The van der Waals surface area contributed by atoms with Crippen LogP contribution in [0.4, 0.5) is 9.59 Å². The van der Waals surface area contributed by atoms with E-state index in [2.05, 4.69) is 15.5 Å². The number of fused-ring (bicyclic) bond motifs is 2. The topological polar surface area (TPSA) is 121 Å². The molecule has 2 aliphatic heterocycles. The van der Waals surface area contributed by atoms with Crippen molar-refractivity contribution in [2.45, 2.75) is 83.0 Å². The molecule has 29 heavy (non-hydrogen) atoms. The molecule has 2 bridgehead atoms. The second-order valence-corrected chi connectivity index (χ2v) is 9.28. The molecule has 1 saturated carbocycles. The number of hydrogen-bond donors (Lipinski definition) is 2. The normalized spacial score (nSPS) is 29.0. The molecular formula is C19H29N5O5. The second-order valence-electron chi connectivity index (χ2n) is 9.28. The van der Waals surface area contributed by atoms with Gasteiger partial charge in [-0.2, -0.15) is 0 Å². The van der Waals surface area contributed by atoms with Crippen molar-refractivity contribution >= 4 is 12.1 Å². The molecule has 1 aromatic heterocycles. The molecule has 1 aromatic rings. The molecule has 3 amide bonds. The van der Waals surface area contributed by atoms with E-state index in [1.807, 2.05) is 20.8 Å². The highest BCUT2D eigenvalue weighted by Gasteiger charge is 2.46. The van der Waals surface area contributed by atoms with Gasteiger partial charge in [0.05, 0.1) is 6.04 Å². The van der Waals surface area contributed by atoms with Crippen molar-refractivity contribution in [1.29, 1.82) is 0 Å². The second kappa shape index (κ2) is 7.47. The first kappa shape index (κ1) is 19.9. The van der Waals surface area contributed by atoms with Crippen molar-refractivity contribution in [3.05, 3.63) is 11.8 Å². The lowest BCUT2D eigenvalue weighted by molar-refractivity contribution is -0.0584. The van der Waals surface area contributed by atoms with Crippen molar-refractivity contribution in [2.75, 3.05) is 6.54 Å². The Kier molecular flexibility index (Phi) is 5.14. The maximum Gasteiger partial charge on any atom is 0.407 e. The van der Waals surface area contributed by atoms with E-state index in [9.17, 15) is 14.8 Å². The van der Waals surface area contributed by atoms with E-state index in [1.54, 1.807) is 4.90 Å². The Morgan fingerprint density at radius 1 is 1.31 bits per heavy atom. The Balaban J connectivity index is 1.21. The molecular weight excluding hydrogens is 378 g/mol. The largest absolute Gasteiger partial charge is 0.444 e. The first-order chi connectivity index (χ1) is 13.7.